The van der Waals surface area contributed by atoms with Crippen LogP contribution in [0.5, 0.6) is 5.75 Å². The van der Waals surface area contributed by atoms with Crippen LogP contribution in [-0.4, -0.2) is 53.1 Å². The molecule has 35 heavy (non-hydrogen) atoms. The summed E-state index contributed by atoms with van der Waals surface area (Å²) in [6.45, 7) is 6.20. The van der Waals surface area contributed by atoms with Crippen LogP contribution in [0.3, 0.4) is 0 Å². The van der Waals surface area contributed by atoms with Gasteiger partial charge in [0.25, 0.3) is 0 Å². The van der Waals surface area contributed by atoms with Gasteiger partial charge in [0.05, 0.1) is 25.7 Å². The Bertz CT molecular complexity index is 1230. The minimum atomic E-state index is -0.705. The fourth-order valence-corrected chi connectivity index (χ4v) is 6.40. The molecule has 0 spiro atoms. The predicted molar refractivity (Wildman–Crippen MR) is 137 cm³/mol. The number of piperidine rings is 3. The number of carbonyl (C=O) groups excluding carboxylic acids is 1. The number of halogens is 2. The number of carbonyl (C=O) groups is 1. The number of quaternary nitrogens is 1. The van der Waals surface area contributed by atoms with Gasteiger partial charge >= 0.3 is 0 Å². The van der Waals surface area contributed by atoms with Crippen molar-refractivity contribution in [3.63, 3.8) is 0 Å². The lowest BCUT2D eigenvalue weighted by molar-refractivity contribution is -0.966. The van der Waals surface area contributed by atoms with Gasteiger partial charge in [0.2, 0.25) is 5.78 Å². The highest BCUT2D eigenvalue weighted by molar-refractivity contribution is 9.10. The number of methoxy groups -OCH3 is 1. The second-order valence-corrected chi connectivity index (χ2v) is 10.6. The van der Waals surface area contributed by atoms with Crippen LogP contribution in [0.15, 0.2) is 71.9 Å². The van der Waals surface area contributed by atoms with Gasteiger partial charge in [-0.05, 0) is 47.9 Å². The first-order valence-corrected chi connectivity index (χ1v) is 12.6. The highest BCUT2D eigenvalue weighted by Gasteiger charge is 2.54. The number of pyridine rings is 1. The molecular weight excluding hydrogens is 572 g/mol. The average Bonchev–Trinajstić information content (AvgIpc) is 2.87. The van der Waals surface area contributed by atoms with Crippen LogP contribution in [0.4, 0.5) is 0 Å². The Morgan fingerprint density at radius 3 is 2.77 bits per heavy atom. The van der Waals surface area contributed by atoms with Crippen molar-refractivity contribution in [1.82, 2.24) is 4.98 Å². The number of rotatable bonds is 7. The van der Waals surface area contributed by atoms with Gasteiger partial charge in [-0.25, -0.2) is 0 Å². The van der Waals surface area contributed by atoms with Gasteiger partial charge in [0.1, 0.15) is 24.4 Å². The van der Waals surface area contributed by atoms with Crippen molar-refractivity contribution in [2.24, 2.45) is 11.8 Å². The number of nitrogens with zero attached hydrogens (tertiary/aromatic N) is 2. The lowest BCUT2D eigenvalue weighted by atomic mass is 9.71. The fourth-order valence-electron chi connectivity index (χ4n) is 6.13. The van der Waals surface area contributed by atoms with Gasteiger partial charge in [0.15, 0.2) is 0 Å². The normalized spacial score (nSPS) is 26.1. The fraction of sp³-hybridized carbons (Fsp3) is 0.357. The van der Waals surface area contributed by atoms with E-state index in [1.165, 1.54) is 0 Å². The predicted octanol–water partition coefficient (Wildman–Crippen LogP) is 2.34. The minimum absolute atomic E-state index is 0. The molecule has 5 atom stereocenters. The summed E-state index contributed by atoms with van der Waals surface area (Å²) in [6, 6.07) is 15.2. The zero-order valence-corrected chi connectivity index (χ0v) is 22.9. The second kappa shape index (κ2) is 10.5. The maximum absolute atomic E-state index is 13.4. The number of fused-ring (bicyclic) bond motifs is 4. The van der Waals surface area contributed by atoms with E-state index in [0.717, 1.165) is 52.6 Å². The molecule has 0 amide bonds. The summed E-state index contributed by atoms with van der Waals surface area (Å²) in [7, 11) is 1.64. The number of hydrogen-bond donors (Lipinski definition) is 1. The molecule has 6 rings (SSSR count). The Labute approximate surface area is 225 Å². The van der Waals surface area contributed by atoms with Crippen LogP contribution < -0.4 is 21.7 Å². The van der Waals surface area contributed by atoms with E-state index in [4.69, 9.17) is 4.74 Å². The molecule has 5 nitrogen and oxygen atoms in total. The van der Waals surface area contributed by atoms with Gasteiger partial charge in [-0.15, -0.1) is 6.58 Å². The molecule has 3 aliphatic heterocycles. The zero-order valence-electron chi connectivity index (χ0n) is 19.7. The molecule has 3 fully saturated rings. The number of ether oxygens (including phenoxy) is 1. The largest absolute Gasteiger partial charge is 1.00 e. The van der Waals surface area contributed by atoms with Gasteiger partial charge in [-0.3, -0.25) is 9.78 Å². The molecule has 3 aliphatic rings. The Morgan fingerprint density at radius 2 is 2.06 bits per heavy atom. The van der Waals surface area contributed by atoms with E-state index in [9.17, 15) is 9.90 Å². The van der Waals surface area contributed by atoms with Crippen molar-refractivity contribution >= 4 is 32.6 Å². The van der Waals surface area contributed by atoms with Crippen molar-refractivity contribution in [1.29, 1.82) is 0 Å². The first-order valence-electron chi connectivity index (χ1n) is 11.8. The quantitative estimate of drug-likeness (QED) is 0.257. The number of ketones is 1. The van der Waals surface area contributed by atoms with Gasteiger partial charge < -0.3 is 31.3 Å². The molecule has 1 aromatic heterocycles. The topological polar surface area (TPSA) is 59.4 Å². The minimum Gasteiger partial charge on any atom is -1.00 e. The Hall–Kier alpha value is -2.06. The van der Waals surface area contributed by atoms with Crippen molar-refractivity contribution in [3.8, 4) is 5.75 Å². The lowest BCUT2D eigenvalue weighted by Crippen LogP contribution is -3.00. The van der Waals surface area contributed by atoms with E-state index in [1.54, 1.807) is 13.3 Å². The van der Waals surface area contributed by atoms with Crippen molar-refractivity contribution in [3.05, 3.63) is 83.0 Å². The number of aliphatic hydroxyl groups is 1. The molecule has 0 saturated carbocycles. The van der Waals surface area contributed by atoms with E-state index in [1.807, 2.05) is 48.5 Å². The Balaban J connectivity index is 0.00000289. The number of Topliss-reactive ketones (excluding diaryl/α,β-unsaturated/α-hetero) is 1. The van der Waals surface area contributed by atoms with Crippen LogP contribution in [-0.2, 0) is 0 Å². The molecule has 2 bridgehead atoms. The molecular formula is C28H30Br2N2O3. The van der Waals surface area contributed by atoms with Crippen LogP contribution in [0.1, 0.15) is 34.9 Å². The summed E-state index contributed by atoms with van der Waals surface area (Å²) in [5.41, 5.74) is 2.39. The summed E-state index contributed by atoms with van der Waals surface area (Å²) >= 11 is 3.45. The number of benzene rings is 2. The van der Waals surface area contributed by atoms with Gasteiger partial charge in [0, 0.05) is 40.4 Å². The molecule has 3 saturated heterocycles. The van der Waals surface area contributed by atoms with Crippen molar-refractivity contribution < 1.29 is 36.1 Å². The molecule has 3 aromatic rings. The molecule has 1 N–H and O–H groups in total. The molecule has 4 unspecified atom stereocenters. The molecule has 4 heterocycles. The standard InChI is InChI=1S/C28H30BrN2O3.BrH/c1-3-18-16-31(17-27(32)19-4-6-21(29)7-5-19)13-11-20(18)14-26(31)28(33)23-10-12-30-25-9-8-22(34-2)15-24(23)25;/h3-10,12,15,18,20,26,28,33H,1,11,13-14,16-17H2,2H3;1H/q+1;/p-1/t18?,20?,26?,28-,31?;/m1./s1. The summed E-state index contributed by atoms with van der Waals surface area (Å²) in [4.78, 5) is 17.9. The van der Waals surface area contributed by atoms with E-state index < -0.39 is 6.10 Å². The molecule has 7 heteroatoms. The number of aromatic nitrogens is 1. The number of hydrogen-bond acceptors (Lipinski definition) is 4. The maximum Gasteiger partial charge on any atom is 0.216 e. The second-order valence-electron chi connectivity index (χ2n) is 9.69. The Morgan fingerprint density at radius 1 is 1.29 bits per heavy atom. The van der Waals surface area contributed by atoms with Crippen LogP contribution in [0.2, 0.25) is 0 Å². The van der Waals surface area contributed by atoms with E-state index >= 15 is 0 Å². The summed E-state index contributed by atoms with van der Waals surface area (Å²) < 4.78 is 6.99. The SMILES string of the molecule is C=CC1C[N+]2(CC(=O)c3ccc(Br)cc3)CCC1CC2[C@H](O)c1ccnc2ccc(OC)cc12.[Br-]. The third-order valence-electron chi connectivity index (χ3n) is 7.97. The van der Waals surface area contributed by atoms with Gasteiger partial charge in [-0.1, -0.05) is 34.1 Å². The third-order valence-corrected chi connectivity index (χ3v) is 8.49. The lowest BCUT2D eigenvalue weighted by Gasteiger charge is -2.57. The molecule has 0 radical (unpaired) electrons. The van der Waals surface area contributed by atoms with E-state index in [-0.39, 0.29) is 28.8 Å². The molecule has 0 aliphatic carbocycles. The summed E-state index contributed by atoms with van der Waals surface area (Å²) in [5.74, 6) is 1.71. The Kier molecular flexibility index (Phi) is 7.81. The van der Waals surface area contributed by atoms with E-state index in [2.05, 4.69) is 33.6 Å². The maximum atomic E-state index is 13.4. The third kappa shape index (κ3) is 4.84. The van der Waals surface area contributed by atoms with Gasteiger partial charge in [-0.2, -0.15) is 0 Å². The van der Waals surface area contributed by atoms with E-state index in [0.29, 0.717) is 28.4 Å². The summed E-state index contributed by atoms with van der Waals surface area (Å²) in [5, 5.41) is 12.7. The van der Waals surface area contributed by atoms with Crippen LogP contribution >= 0.6 is 15.9 Å². The van der Waals surface area contributed by atoms with Crippen LogP contribution in [0.25, 0.3) is 10.9 Å². The highest BCUT2D eigenvalue weighted by atomic mass is 79.9. The van der Waals surface area contributed by atoms with Crippen LogP contribution in [0, 0.1) is 11.8 Å². The summed E-state index contributed by atoms with van der Waals surface area (Å²) in [6.07, 6.45) is 5.03. The van der Waals surface area contributed by atoms with Crippen molar-refractivity contribution in [2.45, 2.75) is 25.0 Å². The first kappa shape index (κ1) is 26.0. The smallest absolute Gasteiger partial charge is 0.216 e. The monoisotopic (exact) mass is 600 g/mol. The average molecular weight is 602 g/mol. The first-order chi connectivity index (χ1) is 16.4. The molecule has 184 valence electrons. The number of aliphatic hydroxyl groups excluding tert-OH is 1. The molecule has 2 aromatic carbocycles. The highest BCUT2D eigenvalue weighted by Crippen LogP contribution is 2.47. The van der Waals surface area contributed by atoms with Crippen molar-refractivity contribution in [2.75, 3.05) is 26.7 Å². The zero-order chi connectivity index (χ0) is 23.9.